The zero-order chi connectivity index (χ0) is 15.4. The van der Waals surface area contributed by atoms with Gasteiger partial charge >= 0.3 is 0 Å². The van der Waals surface area contributed by atoms with E-state index in [2.05, 4.69) is 15.2 Å². The molecule has 2 aromatic heterocycles. The summed E-state index contributed by atoms with van der Waals surface area (Å²) in [5, 5.41) is 8.87. The van der Waals surface area contributed by atoms with Gasteiger partial charge in [0.25, 0.3) is 5.95 Å². The molecule has 116 valence electrons. The highest BCUT2D eigenvalue weighted by molar-refractivity contribution is 5.26. The Labute approximate surface area is 132 Å². The van der Waals surface area contributed by atoms with E-state index < -0.39 is 6.17 Å². The lowest BCUT2D eigenvalue weighted by atomic mass is 10.0. The molecule has 0 saturated heterocycles. The van der Waals surface area contributed by atoms with Gasteiger partial charge in [-0.15, -0.1) is 5.10 Å². The number of fused-ring (bicyclic) bond motifs is 1. The van der Waals surface area contributed by atoms with Crippen molar-refractivity contribution in [3.8, 4) is 5.95 Å². The van der Waals surface area contributed by atoms with Gasteiger partial charge < -0.3 is 0 Å². The van der Waals surface area contributed by atoms with Gasteiger partial charge in [-0.25, -0.2) is 13.8 Å². The molecule has 0 spiro atoms. The summed E-state index contributed by atoms with van der Waals surface area (Å²) in [6.07, 6.45) is 5.59. The van der Waals surface area contributed by atoms with Crippen LogP contribution in [0.4, 0.5) is 4.39 Å². The molecule has 5 nitrogen and oxygen atoms in total. The Morgan fingerprint density at radius 1 is 1.09 bits per heavy atom. The van der Waals surface area contributed by atoms with Gasteiger partial charge in [-0.2, -0.15) is 10.1 Å². The summed E-state index contributed by atoms with van der Waals surface area (Å²) in [5.41, 5.74) is 2.28. The SMILES string of the molecule is FC1CC(c2ccccc2)n2nc(-n3cc(C4CC4)cn3)nc21. The minimum atomic E-state index is -1.08. The zero-order valence-electron chi connectivity index (χ0n) is 12.5. The van der Waals surface area contributed by atoms with E-state index in [-0.39, 0.29) is 6.04 Å². The molecular weight excluding hydrogens is 293 g/mol. The van der Waals surface area contributed by atoms with Crippen LogP contribution in [-0.2, 0) is 0 Å². The maximum absolute atomic E-state index is 14.4. The summed E-state index contributed by atoms with van der Waals surface area (Å²) >= 11 is 0. The second kappa shape index (κ2) is 4.75. The van der Waals surface area contributed by atoms with Gasteiger partial charge in [-0.3, -0.25) is 0 Å². The van der Waals surface area contributed by atoms with Crippen molar-refractivity contribution in [2.75, 3.05) is 0 Å². The third kappa shape index (κ3) is 2.09. The van der Waals surface area contributed by atoms with Crippen molar-refractivity contribution in [3.05, 3.63) is 59.7 Å². The Bertz CT molecular complexity index is 849. The fraction of sp³-hybridized carbons (Fsp3) is 0.353. The Morgan fingerprint density at radius 2 is 1.91 bits per heavy atom. The van der Waals surface area contributed by atoms with Crippen LogP contribution in [0.15, 0.2) is 42.7 Å². The molecule has 1 saturated carbocycles. The summed E-state index contributed by atoms with van der Waals surface area (Å²) < 4.78 is 17.7. The number of alkyl halides is 1. The molecule has 1 aliphatic heterocycles. The number of nitrogens with zero attached hydrogens (tertiary/aromatic N) is 5. The van der Waals surface area contributed by atoms with Gasteiger partial charge in [0.05, 0.1) is 12.2 Å². The van der Waals surface area contributed by atoms with Crippen molar-refractivity contribution in [3.63, 3.8) is 0 Å². The molecule has 0 N–H and O–H groups in total. The van der Waals surface area contributed by atoms with Gasteiger partial charge in [0.1, 0.15) is 0 Å². The average Bonchev–Trinajstić information content (AvgIpc) is 3.04. The molecule has 2 unspecified atom stereocenters. The lowest BCUT2D eigenvalue weighted by Crippen LogP contribution is -2.08. The van der Waals surface area contributed by atoms with Crippen LogP contribution in [-0.4, -0.2) is 24.5 Å². The first kappa shape index (κ1) is 13.0. The standard InChI is InChI=1S/C17H16FN5/c18-14-8-15(12-4-2-1-3-5-12)23-16(14)20-17(21-23)22-10-13(9-19-22)11-6-7-11/h1-5,9-11,14-15H,6-8H2. The molecule has 0 bridgehead atoms. The summed E-state index contributed by atoms with van der Waals surface area (Å²) in [4.78, 5) is 4.39. The van der Waals surface area contributed by atoms with Crippen LogP contribution in [0.3, 0.4) is 0 Å². The highest BCUT2D eigenvalue weighted by Crippen LogP contribution is 2.41. The maximum Gasteiger partial charge on any atom is 0.269 e. The van der Waals surface area contributed by atoms with E-state index in [1.807, 2.05) is 42.7 Å². The molecule has 6 heteroatoms. The van der Waals surface area contributed by atoms with E-state index >= 15 is 0 Å². The van der Waals surface area contributed by atoms with E-state index in [9.17, 15) is 4.39 Å². The number of hydrogen-bond acceptors (Lipinski definition) is 3. The van der Waals surface area contributed by atoms with Crippen LogP contribution in [0.25, 0.3) is 5.95 Å². The first-order valence-corrected chi connectivity index (χ1v) is 8.00. The summed E-state index contributed by atoms with van der Waals surface area (Å²) in [5.74, 6) is 1.48. The quantitative estimate of drug-likeness (QED) is 0.745. The highest BCUT2D eigenvalue weighted by Gasteiger charge is 2.36. The molecule has 3 aromatic rings. The smallest absolute Gasteiger partial charge is 0.239 e. The lowest BCUT2D eigenvalue weighted by molar-refractivity contribution is 0.328. The number of rotatable bonds is 3. The van der Waals surface area contributed by atoms with Gasteiger partial charge in [-0.05, 0) is 29.9 Å². The van der Waals surface area contributed by atoms with E-state index in [1.54, 1.807) is 9.36 Å². The van der Waals surface area contributed by atoms with Gasteiger partial charge in [0.2, 0.25) is 0 Å². The maximum atomic E-state index is 14.4. The summed E-state index contributed by atoms with van der Waals surface area (Å²) in [7, 11) is 0. The molecular formula is C17H16FN5. The third-order valence-corrected chi connectivity index (χ3v) is 4.69. The first-order chi connectivity index (χ1) is 11.3. The predicted molar refractivity (Wildman–Crippen MR) is 82.2 cm³/mol. The monoisotopic (exact) mass is 309 g/mol. The fourth-order valence-corrected chi connectivity index (χ4v) is 3.29. The van der Waals surface area contributed by atoms with Crippen LogP contribution in [0.2, 0.25) is 0 Å². The number of halogens is 1. The van der Waals surface area contributed by atoms with Crippen molar-refractivity contribution in [2.45, 2.75) is 37.4 Å². The molecule has 1 fully saturated rings. The fourth-order valence-electron chi connectivity index (χ4n) is 3.29. The molecule has 3 heterocycles. The van der Waals surface area contributed by atoms with Crippen LogP contribution >= 0.6 is 0 Å². The summed E-state index contributed by atoms with van der Waals surface area (Å²) in [6, 6.07) is 9.81. The van der Waals surface area contributed by atoms with Crippen molar-refractivity contribution in [1.29, 1.82) is 0 Å². The number of hydrogen-bond donors (Lipinski definition) is 0. The minimum Gasteiger partial charge on any atom is -0.239 e. The highest BCUT2D eigenvalue weighted by atomic mass is 19.1. The Hall–Kier alpha value is -2.50. The van der Waals surface area contributed by atoms with Crippen molar-refractivity contribution < 1.29 is 4.39 Å². The van der Waals surface area contributed by atoms with Crippen LogP contribution in [0.1, 0.15) is 54.3 Å². The lowest BCUT2D eigenvalue weighted by Gasteiger charge is -2.11. The van der Waals surface area contributed by atoms with E-state index in [0.29, 0.717) is 24.1 Å². The molecule has 1 aliphatic carbocycles. The summed E-state index contributed by atoms with van der Waals surface area (Å²) in [6.45, 7) is 0. The molecule has 0 radical (unpaired) electrons. The molecule has 0 amide bonds. The second-order valence-electron chi connectivity index (χ2n) is 6.34. The van der Waals surface area contributed by atoms with Crippen molar-refractivity contribution in [1.82, 2.24) is 24.5 Å². The third-order valence-electron chi connectivity index (χ3n) is 4.69. The van der Waals surface area contributed by atoms with Gasteiger partial charge in [-0.1, -0.05) is 30.3 Å². The molecule has 23 heavy (non-hydrogen) atoms. The second-order valence-corrected chi connectivity index (χ2v) is 6.34. The van der Waals surface area contributed by atoms with Gasteiger partial charge in [0, 0.05) is 12.6 Å². The number of aromatic nitrogens is 5. The van der Waals surface area contributed by atoms with E-state index in [4.69, 9.17) is 0 Å². The average molecular weight is 309 g/mol. The molecule has 5 rings (SSSR count). The molecule has 2 atom stereocenters. The zero-order valence-corrected chi connectivity index (χ0v) is 12.5. The molecule has 1 aromatic carbocycles. The number of benzene rings is 1. The van der Waals surface area contributed by atoms with Crippen LogP contribution in [0, 0.1) is 0 Å². The van der Waals surface area contributed by atoms with Crippen molar-refractivity contribution >= 4 is 0 Å². The molecule has 2 aliphatic rings. The van der Waals surface area contributed by atoms with Crippen LogP contribution < -0.4 is 0 Å². The normalized spacial score (nSPS) is 23.2. The topological polar surface area (TPSA) is 48.5 Å². The Kier molecular flexibility index (Phi) is 2.68. The largest absolute Gasteiger partial charge is 0.269 e. The Morgan fingerprint density at radius 3 is 2.70 bits per heavy atom. The Balaban J connectivity index is 1.53. The van der Waals surface area contributed by atoms with E-state index in [1.165, 1.54) is 18.4 Å². The first-order valence-electron chi connectivity index (χ1n) is 8.00. The minimum absolute atomic E-state index is 0.0964. The predicted octanol–water partition coefficient (Wildman–Crippen LogP) is 3.34. The van der Waals surface area contributed by atoms with Crippen LogP contribution in [0.5, 0.6) is 0 Å². The van der Waals surface area contributed by atoms with Crippen molar-refractivity contribution in [2.24, 2.45) is 0 Å². The van der Waals surface area contributed by atoms with Gasteiger partial charge in [0.15, 0.2) is 12.0 Å². The van der Waals surface area contributed by atoms with E-state index in [0.717, 1.165) is 5.56 Å².